The number of carbonyl (C=O) groups excluding carboxylic acids is 1. The highest BCUT2D eigenvalue weighted by Crippen LogP contribution is 2.70. The molecular formula is C31H48O10. The predicted molar refractivity (Wildman–Crippen MR) is 145 cm³/mol. The van der Waals surface area contributed by atoms with E-state index < -0.39 is 41.2 Å². The Labute approximate surface area is 242 Å². The van der Waals surface area contributed by atoms with E-state index in [0.717, 1.165) is 24.8 Å². The normalized spacial score (nSPS) is 53.2. The summed E-state index contributed by atoms with van der Waals surface area (Å²) >= 11 is 0. The highest BCUT2D eigenvalue weighted by molar-refractivity contribution is 5.85. The number of fused-ring (bicyclic) bond motifs is 5. The van der Waals surface area contributed by atoms with Crippen LogP contribution in [0, 0.1) is 28.6 Å². The van der Waals surface area contributed by atoms with Crippen LogP contribution in [0.2, 0.25) is 0 Å². The number of ether oxygens (including phenoxy) is 5. The zero-order valence-corrected chi connectivity index (χ0v) is 24.8. The number of hydrogen-bond acceptors (Lipinski definition) is 10. The van der Waals surface area contributed by atoms with Crippen molar-refractivity contribution in [3.8, 4) is 0 Å². The summed E-state index contributed by atoms with van der Waals surface area (Å²) < 4.78 is 28.6. The van der Waals surface area contributed by atoms with Gasteiger partial charge in [0, 0.05) is 37.5 Å². The molecule has 4 saturated carbocycles. The minimum atomic E-state index is -1.16. The van der Waals surface area contributed by atoms with Gasteiger partial charge in [-0.2, -0.15) is 0 Å². The molecule has 2 heterocycles. The van der Waals surface area contributed by atoms with Crippen LogP contribution in [0.4, 0.5) is 0 Å². The maximum atomic E-state index is 12.5. The Morgan fingerprint density at radius 1 is 1.00 bits per heavy atom. The molecular weight excluding hydrogens is 532 g/mol. The molecule has 0 aromatic carbocycles. The molecule has 10 nitrogen and oxygen atoms in total. The Kier molecular flexibility index (Phi) is 7.67. The molecule has 41 heavy (non-hydrogen) atoms. The van der Waals surface area contributed by atoms with Gasteiger partial charge in [0.2, 0.25) is 0 Å². The summed E-state index contributed by atoms with van der Waals surface area (Å²) in [6, 6.07) is 0. The number of cyclic esters (lactones) is 1. The van der Waals surface area contributed by atoms with Crippen LogP contribution in [0.1, 0.15) is 71.6 Å². The molecule has 4 N–H and O–H groups in total. The average Bonchev–Trinajstić information content (AvgIpc) is 3.49. The first-order valence-corrected chi connectivity index (χ1v) is 15.4. The summed E-state index contributed by atoms with van der Waals surface area (Å²) in [5, 5.41) is 46.7. The number of methoxy groups -OCH3 is 2. The minimum Gasteiger partial charge on any atom is -0.458 e. The van der Waals surface area contributed by atoms with Gasteiger partial charge in [0.25, 0.3) is 0 Å². The Bertz CT molecular complexity index is 1050. The van der Waals surface area contributed by atoms with Crippen LogP contribution in [0.25, 0.3) is 0 Å². The summed E-state index contributed by atoms with van der Waals surface area (Å²) in [6.45, 7) is 4.18. The van der Waals surface area contributed by atoms with Gasteiger partial charge in [-0.3, -0.25) is 0 Å². The first-order chi connectivity index (χ1) is 19.5. The Hall–Kier alpha value is -1.11. The molecule has 4 aliphatic carbocycles. The molecule has 0 spiro atoms. The molecule has 13 atom stereocenters. The molecule has 0 radical (unpaired) electrons. The van der Waals surface area contributed by atoms with Gasteiger partial charge in [0.1, 0.15) is 24.9 Å². The summed E-state index contributed by atoms with van der Waals surface area (Å²) in [6.07, 6.45) is 3.50. The number of aliphatic hydroxyl groups is 4. The zero-order chi connectivity index (χ0) is 29.4. The predicted octanol–water partition coefficient (Wildman–Crippen LogP) is 1.85. The largest absolute Gasteiger partial charge is 0.458 e. The molecule has 10 heteroatoms. The molecule has 0 bridgehead atoms. The van der Waals surface area contributed by atoms with Crippen molar-refractivity contribution in [1.29, 1.82) is 0 Å². The van der Waals surface area contributed by atoms with Crippen LogP contribution in [0.3, 0.4) is 0 Å². The van der Waals surface area contributed by atoms with Crippen molar-refractivity contribution in [1.82, 2.24) is 0 Å². The zero-order valence-electron chi connectivity index (χ0n) is 24.8. The maximum Gasteiger partial charge on any atom is 0.331 e. The molecule has 0 aromatic rings. The quantitative estimate of drug-likeness (QED) is 0.271. The van der Waals surface area contributed by atoms with Crippen LogP contribution in [-0.2, 0) is 28.5 Å². The van der Waals surface area contributed by atoms with Gasteiger partial charge in [0.15, 0.2) is 6.29 Å². The highest BCUT2D eigenvalue weighted by atomic mass is 16.7. The number of hydrogen-bond donors (Lipinski definition) is 4. The van der Waals surface area contributed by atoms with E-state index >= 15 is 0 Å². The lowest BCUT2D eigenvalue weighted by molar-refractivity contribution is -0.326. The minimum absolute atomic E-state index is 0.0312. The SMILES string of the molecule is CO[C@@H]1[C@@H](O)[C@H](O[C@H]2CC[C@]3(CO)[C@H]4CC[C@]5(C)[C@@H](C6=CC(=O)OC6)CC[C@]5(O)[C@@H]4CC[C@]3(O)C2)O[C@H](C)[C@H]1OC. The smallest absolute Gasteiger partial charge is 0.331 e. The average molecular weight is 581 g/mol. The van der Waals surface area contributed by atoms with E-state index in [0.29, 0.717) is 45.1 Å². The molecule has 6 rings (SSSR count). The van der Waals surface area contributed by atoms with Gasteiger partial charge in [-0.15, -0.1) is 0 Å². The van der Waals surface area contributed by atoms with Gasteiger partial charge < -0.3 is 44.1 Å². The van der Waals surface area contributed by atoms with Gasteiger partial charge in [0.05, 0.1) is 30.0 Å². The van der Waals surface area contributed by atoms with Crippen molar-refractivity contribution in [2.24, 2.45) is 28.6 Å². The van der Waals surface area contributed by atoms with E-state index in [9.17, 15) is 25.2 Å². The van der Waals surface area contributed by atoms with E-state index in [1.165, 1.54) is 7.11 Å². The molecule has 0 aromatic heterocycles. The van der Waals surface area contributed by atoms with Crippen LogP contribution >= 0.6 is 0 Å². The molecule has 1 saturated heterocycles. The number of esters is 1. The van der Waals surface area contributed by atoms with Crippen LogP contribution in [-0.4, -0.2) is 102 Å². The van der Waals surface area contributed by atoms with Crippen LogP contribution in [0.5, 0.6) is 0 Å². The lowest BCUT2D eigenvalue weighted by atomic mass is 9.41. The first-order valence-electron chi connectivity index (χ1n) is 15.4. The molecule has 2 aliphatic heterocycles. The second-order valence-corrected chi connectivity index (χ2v) is 14.0. The number of rotatable bonds is 6. The van der Waals surface area contributed by atoms with Crippen molar-refractivity contribution >= 4 is 5.97 Å². The van der Waals surface area contributed by atoms with E-state index in [1.807, 2.05) is 6.92 Å². The van der Waals surface area contributed by atoms with E-state index in [1.54, 1.807) is 13.2 Å². The number of aliphatic hydroxyl groups excluding tert-OH is 2. The van der Waals surface area contributed by atoms with E-state index in [4.69, 9.17) is 23.7 Å². The standard InChI is InChI=1S/C31H48O10/c1-17-25(37-3)26(38-4)24(34)27(40-17)41-19-5-10-29(16-32)21-6-9-28(2)20(18-13-23(33)39-15-18)8-12-31(28,36)22(21)7-11-30(29,35)14-19/h13,17,19-22,24-27,32,34-36H,5-12,14-16H2,1-4H3/t17-,19+,20-,21+,22-,24-,25-,26-,27+,28-,29+,30+,31+/m1/s1. The molecule has 0 unspecified atom stereocenters. The molecule has 5 fully saturated rings. The summed E-state index contributed by atoms with van der Waals surface area (Å²) in [5.74, 6) is -0.290. The van der Waals surface area contributed by atoms with E-state index in [-0.39, 0.29) is 48.0 Å². The third kappa shape index (κ3) is 4.23. The van der Waals surface area contributed by atoms with Gasteiger partial charge in [-0.25, -0.2) is 4.79 Å². The second kappa shape index (κ2) is 10.5. The van der Waals surface area contributed by atoms with Crippen molar-refractivity contribution in [2.45, 2.75) is 120 Å². The molecule has 6 aliphatic rings. The number of carbonyl (C=O) groups is 1. The van der Waals surface area contributed by atoms with Crippen molar-refractivity contribution < 1.29 is 48.9 Å². The second-order valence-electron chi connectivity index (χ2n) is 14.0. The fourth-order valence-corrected chi connectivity index (χ4v) is 10.5. The Morgan fingerprint density at radius 2 is 1.73 bits per heavy atom. The first kappa shape index (κ1) is 29.9. The Balaban J connectivity index is 1.21. The van der Waals surface area contributed by atoms with E-state index in [2.05, 4.69) is 6.92 Å². The highest BCUT2D eigenvalue weighted by Gasteiger charge is 2.71. The van der Waals surface area contributed by atoms with Crippen molar-refractivity contribution in [3.05, 3.63) is 11.6 Å². The van der Waals surface area contributed by atoms with Gasteiger partial charge in [-0.05, 0) is 81.6 Å². The van der Waals surface area contributed by atoms with Crippen LogP contribution in [0.15, 0.2) is 11.6 Å². The van der Waals surface area contributed by atoms with Crippen molar-refractivity contribution in [3.63, 3.8) is 0 Å². The van der Waals surface area contributed by atoms with Gasteiger partial charge >= 0.3 is 5.97 Å². The lowest BCUT2D eigenvalue weighted by Gasteiger charge is -2.66. The molecule has 232 valence electrons. The van der Waals surface area contributed by atoms with Gasteiger partial charge in [-0.1, -0.05) is 6.92 Å². The maximum absolute atomic E-state index is 12.5. The third-order valence-electron chi connectivity index (χ3n) is 12.7. The summed E-state index contributed by atoms with van der Waals surface area (Å²) in [4.78, 5) is 11.8. The lowest BCUT2D eigenvalue weighted by Crippen LogP contribution is -2.69. The topological polar surface area (TPSA) is 144 Å². The summed E-state index contributed by atoms with van der Waals surface area (Å²) in [7, 11) is 3.09. The summed E-state index contributed by atoms with van der Waals surface area (Å²) in [5.41, 5.74) is -2.24. The van der Waals surface area contributed by atoms with Crippen LogP contribution < -0.4 is 0 Å². The third-order valence-corrected chi connectivity index (χ3v) is 12.7. The monoisotopic (exact) mass is 580 g/mol. The fraction of sp³-hybridized carbons (Fsp3) is 0.903. The van der Waals surface area contributed by atoms with Crippen molar-refractivity contribution in [2.75, 3.05) is 27.4 Å². The fourth-order valence-electron chi connectivity index (χ4n) is 10.5. The Morgan fingerprint density at radius 3 is 2.39 bits per heavy atom. The molecule has 0 amide bonds.